The zero-order chi connectivity index (χ0) is 18.5. The first-order valence-electron chi connectivity index (χ1n) is 8.23. The Balaban J connectivity index is 1.67. The van der Waals surface area contributed by atoms with E-state index in [4.69, 9.17) is 16.3 Å². The van der Waals surface area contributed by atoms with Gasteiger partial charge in [0.15, 0.2) is 5.78 Å². The SMILES string of the molecule is COc1ccc(Cl)cc1C(=O)CCC(=O)Nc1cccc2ccccc12. The molecule has 0 saturated carbocycles. The van der Waals surface area contributed by atoms with Gasteiger partial charge in [-0.1, -0.05) is 48.0 Å². The topological polar surface area (TPSA) is 55.4 Å². The highest BCUT2D eigenvalue weighted by Gasteiger charge is 2.15. The van der Waals surface area contributed by atoms with Gasteiger partial charge < -0.3 is 10.1 Å². The van der Waals surface area contributed by atoms with Gasteiger partial charge in [-0.3, -0.25) is 9.59 Å². The summed E-state index contributed by atoms with van der Waals surface area (Å²) >= 11 is 5.96. The Morgan fingerprint density at radius 3 is 2.58 bits per heavy atom. The number of amides is 1. The van der Waals surface area contributed by atoms with Crippen LogP contribution in [0.1, 0.15) is 23.2 Å². The summed E-state index contributed by atoms with van der Waals surface area (Å²) in [6, 6.07) is 18.4. The standard InChI is InChI=1S/C21H18ClNO3/c1-26-20-11-9-15(22)13-17(20)19(24)10-12-21(25)23-18-8-4-6-14-5-2-3-7-16(14)18/h2-9,11,13H,10,12H2,1H3,(H,23,25). The van der Waals surface area contributed by atoms with Crippen LogP contribution < -0.4 is 10.1 Å². The molecule has 0 aliphatic rings. The zero-order valence-corrected chi connectivity index (χ0v) is 15.0. The molecule has 0 fully saturated rings. The fourth-order valence-electron chi connectivity index (χ4n) is 2.81. The number of halogens is 1. The van der Waals surface area contributed by atoms with Gasteiger partial charge >= 0.3 is 0 Å². The molecule has 5 heteroatoms. The molecular formula is C21H18ClNO3. The summed E-state index contributed by atoms with van der Waals surface area (Å²) in [5.74, 6) is 0.0574. The number of ketones is 1. The first-order valence-corrected chi connectivity index (χ1v) is 8.60. The van der Waals surface area contributed by atoms with Crippen LogP contribution in [0.15, 0.2) is 60.7 Å². The summed E-state index contributed by atoms with van der Waals surface area (Å²) in [6.07, 6.45) is 0.158. The van der Waals surface area contributed by atoms with Crippen molar-refractivity contribution in [1.29, 1.82) is 0 Å². The smallest absolute Gasteiger partial charge is 0.224 e. The molecule has 26 heavy (non-hydrogen) atoms. The van der Waals surface area contributed by atoms with E-state index in [0.717, 1.165) is 16.5 Å². The predicted molar refractivity (Wildman–Crippen MR) is 104 cm³/mol. The highest BCUT2D eigenvalue weighted by Crippen LogP contribution is 2.25. The van der Waals surface area contributed by atoms with E-state index >= 15 is 0 Å². The lowest BCUT2D eigenvalue weighted by Crippen LogP contribution is -2.14. The number of methoxy groups -OCH3 is 1. The summed E-state index contributed by atoms with van der Waals surface area (Å²) in [5.41, 5.74) is 1.12. The molecule has 3 aromatic carbocycles. The number of benzene rings is 3. The zero-order valence-electron chi connectivity index (χ0n) is 14.3. The highest BCUT2D eigenvalue weighted by molar-refractivity contribution is 6.31. The Hall–Kier alpha value is -2.85. The average Bonchev–Trinajstić information content (AvgIpc) is 2.66. The molecular weight excluding hydrogens is 350 g/mol. The number of hydrogen-bond donors (Lipinski definition) is 1. The number of fused-ring (bicyclic) bond motifs is 1. The lowest BCUT2D eigenvalue weighted by molar-refractivity contribution is -0.116. The van der Waals surface area contributed by atoms with Crippen molar-refractivity contribution in [2.75, 3.05) is 12.4 Å². The minimum absolute atomic E-state index is 0.0767. The van der Waals surface area contributed by atoms with Gasteiger partial charge in [0, 0.05) is 28.9 Å². The van der Waals surface area contributed by atoms with Gasteiger partial charge in [-0.2, -0.15) is 0 Å². The second-order valence-electron chi connectivity index (χ2n) is 5.84. The molecule has 4 nitrogen and oxygen atoms in total. The number of ether oxygens (including phenoxy) is 1. The van der Waals surface area contributed by atoms with Gasteiger partial charge in [0.25, 0.3) is 0 Å². The molecule has 0 saturated heterocycles. The van der Waals surface area contributed by atoms with Gasteiger partial charge in [0.05, 0.1) is 12.7 Å². The molecule has 0 atom stereocenters. The van der Waals surface area contributed by atoms with Crippen molar-refractivity contribution < 1.29 is 14.3 Å². The van der Waals surface area contributed by atoms with Crippen molar-refractivity contribution in [3.8, 4) is 5.75 Å². The molecule has 1 N–H and O–H groups in total. The van der Waals surface area contributed by atoms with Crippen LogP contribution in [0.2, 0.25) is 5.02 Å². The fraction of sp³-hybridized carbons (Fsp3) is 0.143. The summed E-state index contributed by atoms with van der Waals surface area (Å²) in [4.78, 5) is 24.7. The molecule has 3 aromatic rings. The highest BCUT2D eigenvalue weighted by atomic mass is 35.5. The predicted octanol–water partition coefficient (Wildman–Crippen LogP) is 5.10. The van der Waals surface area contributed by atoms with Crippen LogP contribution in [0.25, 0.3) is 10.8 Å². The Morgan fingerprint density at radius 1 is 1.00 bits per heavy atom. The summed E-state index contributed by atoms with van der Waals surface area (Å²) < 4.78 is 5.19. The third-order valence-corrected chi connectivity index (χ3v) is 4.34. The lowest BCUT2D eigenvalue weighted by atomic mass is 10.0. The monoisotopic (exact) mass is 367 g/mol. The van der Waals surface area contributed by atoms with Gasteiger partial charge in [-0.05, 0) is 29.7 Å². The minimum Gasteiger partial charge on any atom is -0.496 e. The molecule has 0 unspecified atom stereocenters. The van der Waals surface area contributed by atoms with Crippen molar-refractivity contribution >= 4 is 39.8 Å². The van der Waals surface area contributed by atoms with Gasteiger partial charge in [-0.25, -0.2) is 0 Å². The molecule has 0 heterocycles. The number of Topliss-reactive ketones (excluding diaryl/α,β-unsaturated/α-hetero) is 1. The van der Waals surface area contributed by atoms with Gasteiger partial charge in [0.2, 0.25) is 5.91 Å². The maximum atomic E-state index is 12.4. The molecule has 0 aromatic heterocycles. The number of rotatable bonds is 6. The van der Waals surface area contributed by atoms with E-state index in [1.165, 1.54) is 7.11 Å². The van der Waals surface area contributed by atoms with Crippen LogP contribution in [0.5, 0.6) is 5.75 Å². The molecule has 1 amide bonds. The minimum atomic E-state index is -0.212. The fourth-order valence-corrected chi connectivity index (χ4v) is 2.98. The van der Waals surface area contributed by atoms with E-state index in [2.05, 4.69) is 5.32 Å². The third kappa shape index (κ3) is 4.03. The number of hydrogen-bond acceptors (Lipinski definition) is 3. The normalized spacial score (nSPS) is 10.5. The van der Waals surface area contributed by atoms with Crippen LogP contribution in [-0.2, 0) is 4.79 Å². The van der Waals surface area contributed by atoms with Gasteiger partial charge in [0.1, 0.15) is 5.75 Å². The quantitative estimate of drug-likeness (QED) is 0.616. The van der Waals surface area contributed by atoms with Gasteiger partial charge in [-0.15, -0.1) is 0 Å². The number of carbonyl (C=O) groups is 2. The Morgan fingerprint density at radius 2 is 1.77 bits per heavy atom. The van der Waals surface area contributed by atoms with Crippen LogP contribution >= 0.6 is 11.6 Å². The van der Waals surface area contributed by atoms with E-state index < -0.39 is 0 Å². The van der Waals surface area contributed by atoms with Crippen molar-refractivity contribution in [3.63, 3.8) is 0 Å². The molecule has 0 aliphatic carbocycles. The summed E-state index contributed by atoms with van der Waals surface area (Å²) in [6.45, 7) is 0. The van der Waals surface area contributed by atoms with E-state index in [9.17, 15) is 9.59 Å². The molecule has 0 radical (unpaired) electrons. The van der Waals surface area contributed by atoms with Crippen LogP contribution in [-0.4, -0.2) is 18.8 Å². The molecule has 0 aliphatic heterocycles. The molecule has 0 spiro atoms. The third-order valence-electron chi connectivity index (χ3n) is 4.10. The van der Waals surface area contributed by atoms with Crippen molar-refractivity contribution in [2.45, 2.75) is 12.8 Å². The van der Waals surface area contributed by atoms with E-state index in [0.29, 0.717) is 16.3 Å². The number of nitrogens with one attached hydrogen (secondary N) is 1. The molecule has 132 valence electrons. The maximum absolute atomic E-state index is 12.4. The first-order chi connectivity index (χ1) is 12.6. The van der Waals surface area contributed by atoms with Crippen molar-refractivity contribution in [2.24, 2.45) is 0 Å². The number of carbonyl (C=O) groups excluding carboxylic acids is 2. The van der Waals surface area contributed by atoms with Crippen LogP contribution in [0.4, 0.5) is 5.69 Å². The second-order valence-corrected chi connectivity index (χ2v) is 6.28. The van der Waals surface area contributed by atoms with Crippen LogP contribution in [0.3, 0.4) is 0 Å². The average molecular weight is 368 g/mol. The summed E-state index contributed by atoms with van der Waals surface area (Å²) in [5, 5.41) is 5.35. The van der Waals surface area contributed by atoms with E-state index in [1.807, 2.05) is 42.5 Å². The van der Waals surface area contributed by atoms with E-state index in [1.54, 1.807) is 18.2 Å². The first kappa shape index (κ1) is 18.0. The van der Waals surface area contributed by atoms with Crippen molar-refractivity contribution in [3.05, 3.63) is 71.2 Å². The Kier molecular flexibility index (Phi) is 5.54. The van der Waals surface area contributed by atoms with Crippen molar-refractivity contribution in [1.82, 2.24) is 0 Å². The van der Waals surface area contributed by atoms with Crippen LogP contribution in [0, 0.1) is 0 Å². The molecule has 0 bridgehead atoms. The Bertz CT molecular complexity index is 963. The summed E-state index contributed by atoms with van der Waals surface area (Å²) in [7, 11) is 1.49. The molecule has 3 rings (SSSR count). The van der Waals surface area contributed by atoms with E-state index in [-0.39, 0.29) is 24.5 Å². The largest absolute Gasteiger partial charge is 0.496 e. The number of anilines is 1. The lowest BCUT2D eigenvalue weighted by Gasteiger charge is -2.10. The second kappa shape index (κ2) is 8.02. The Labute approximate surface area is 156 Å². The maximum Gasteiger partial charge on any atom is 0.224 e.